The number of aromatic nitrogens is 3. The lowest BCUT2D eigenvalue weighted by Gasteiger charge is -2.35. The SMILES string of the molecule is CNS(=O)(=O)c1ccc(F)c(C(=O)N2CCCCC2c2cc3nc(C)cc(=O)n3[nH]2)c1. The summed E-state index contributed by atoms with van der Waals surface area (Å²) in [6.07, 6.45) is 2.19. The summed E-state index contributed by atoms with van der Waals surface area (Å²) in [4.78, 5) is 31.2. The van der Waals surface area contributed by atoms with Gasteiger partial charge in [0.2, 0.25) is 10.0 Å². The van der Waals surface area contributed by atoms with E-state index in [1.165, 1.54) is 22.5 Å². The van der Waals surface area contributed by atoms with Gasteiger partial charge < -0.3 is 4.90 Å². The first-order valence-corrected chi connectivity index (χ1v) is 11.3. The molecule has 0 spiro atoms. The standard InChI is InChI=1S/C20H22FN5O4S/c1-12-9-19(27)26-18(23-12)11-16(24-26)17-5-3-4-8-25(17)20(28)14-10-13(6-7-15(14)21)31(29,30)22-2/h6-7,9-11,17,22,24H,3-5,8H2,1-2H3. The quantitative estimate of drug-likeness (QED) is 0.632. The van der Waals surface area contributed by atoms with E-state index in [1.807, 2.05) is 0 Å². The predicted molar refractivity (Wildman–Crippen MR) is 111 cm³/mol. The molecule has 164 valence electrons. The summed E-state index contributed by atoms with van der Waals surface area (Å²) < 4.78 is 42.2. The first kappa shape index (κ1) is 21.2. The van der Waals surface area contributed by atoms with E-state index in [0.29, 0.717) is 30.0 Å². The Hall–Kier alpha value is -3.05. The summed E-state index contributed by atoms with van der Waals surface area (Å²) in [5.41, 5.74) is 1.05. The highest BCUT2D eigenvalue weighted by Crippen LogP contribution is 2.32. The number of carbonyl (C=O) groups excluding carboxylic acids is 1. The van der Waals surface area contributed by atoms with Crippen molar-refractivity contribution in [3.05, 3.63) is 63.5 Å². The van der Waals surface area contributed by atoms with Crippen molar-refractivity contribution in [2.45, 2.75) is 37.1 Å². The zero-order chi connectivity index (χ0) is 22.3. The van der Waals surface area contributed by atoms with Crippen LogP contribution in [0, 0.1) is 12.7 Å². The van der Waals surface area contributed by atoms with E-state index in [4.69, 9.17) is 0 Å². The second-order valence-corrected chi connectivity index (χ2v) is 9.39. The van der Waals surface area contributed by atoms with Gasteiger partial charge in [-0.2, -0.15) is 0 Å². The minimum Gasteiger partial charge on any atom is -0.330 e. The number of hydrogen-bond donors (Lipinski definition) is 2. The van der Waals surface area contributed by atoms with Crippen LogP contribution in [0.3, 0.4) is 0 Å². The number of fused-ring (bicyclic) bond motifs is 1. The molecule has 3 heterocycles. The van der Waals surface area contributed by atoms with Crippen molar-refractivity contribution < 1.29 is 17.6 Å². The Balaban J connectivity index is 1.75. The van der Waals surface area contributed by atoms with Gasteiger partial charge in [-0.3, -0.25) is 14.7 Å². The molecule has 9 nitrogen and oxygen atoms in total. The molecule has 31 heavy (non-hydrogen) atoms. The molecule has 1 unspecified atom stereocenters. The molecule has 1 fully saturated rings. The second kappa shape index (κ2) is 7.89. The van der Waals surface area contributed by atoms with E-state index < -0.39 is 27.8 Å². The summed E-state index contributed by atoms with van der Waals surface area (Å²) in [6.45, 7) is 2.10. The average Bonchev–Trinajstić information content (AvgIpc) is 3.17. The van der Waals surface area contributed by atoms with Crippen molar-refractivity contribution in [3.63, 3.8) is 0 Å². The first-order valence-electron chi connectivity index (χ1n) is 9.84. The van der Waals surface area contributed by atoms with Crippen LogP contribution in [-0.2, 0) is 10.0 Å². The molecule has 1 amide bonds. The van der Waals surface area contributed by atoms with Crippen molar-refractivity contribution in [2.24, 2.45) is 0 Å². The number of halogens is 1. The maximum atomic E-state index is 14.5. The number of piperidine rings is 1. The molecule has 1 aromatic carbocycles. The largest absolute Gasteiger partial charge is 0.330 e. The Labute approximate surface area is 177 Å². The third kappa shape index (κ3) is 3.86. The molecular weight excluding hydrogens is 425 g/mol. The van der Waals surface area contributed by atoms with Gasteiger partial charge in [0.1, 0.15) is 5.82 Å². The third-order valence-electron chi connectivity index (χ3n) is 5.47. The van der Waals surface area contributed by atoms with E-state index in [1.54, 1.807) is 13.0 Å². The smallest absolute Gasteiger partial charge is 0.272 e. The molecule has 0 aliphatic carbocycles. The van der Waals surface area contributed by atoms with Crippen LogP contribution in [0.5, 0.6) is 0 Å². The lowest BCUT2D eigenvalue weighted by atomic mass is 9.98. The summed E-state index contributed by atoms with van der Waals surface area (Å²) in [5.74, 6) is -1.40. The van der Waals surface area contributed by atoms with Crippen LogP contribution in [0.25, 0.3) is 5.65 Å². The highest BCUT2D eigenvalue weighted by Gasteiger charge is 2.32. The van der Waals surface area contributed by atoms with Gasteiger partial charge in [-0.15, -0.1) is 0 Å². The fourth-order valence-electron chi connectivity index (χ4n) is 3.91. The lowest BCUT2D eigenvalue weighted by Crippen LogP contribution is -2.39. The van der Waals surface area contributed by atoms with Gasteiger partial charge in [0.15, 0.2) is 5.65 Å². The van der Waals surface area contributed by atoms with Crippen LogP contribution in [0.4, 0.5) is 4.39 Å². The average molecular weight is 447 g/mol. The molecule has 0 bridgehead atoms. The summed E-state index contributed by atoms with van der Waals surface area (Å²) in [5, 5.41) is 3.00. The Kier molecular flexibility index (Phi) is 5.40. The Morgan fingerprint density at radius 2 is 2.03 bits per heavy atom. The number of amides is 1. The van der Waals surface area contributed by atoms with Gasteiger partial charge in [0.25, 0.3) is 11.5 Å². The van der Waals surface area contributed by atoms with Gasteiger partial charge in [0, 0.05) is 24.4 Å². The number of nitrogens with zero attached hydrogens (tertiary/aromatic N) is 3. The number of likely N-dealkylation sites (tertiary alicyclic amines) is 1. The van der Waals surface area contributed by atoms with E-state index in [2.05, 4.69) is 14.8 Å². The van der Waals surface area contributed by atoms with Crippen LogP contribution in [-0.4, -0.2) is 47.4 Å². The number of benzene rings is 1. The maximum absolute atomic E-state index is 14.5. The monoisotopic (exact) mass is 447 g/mol. The molecule has 0 radical (unpaired) electrons. The van der Waals surface area contributed by atoms with Gasteiger partial charge in [-0.05, 0) is 51.4 Å². The van der Waals surface area contributed by atoms with Crippen molar-refractivity contribution in [3.8, 4) is 0 Å². The molecule has 2 aromatic heterocycles. The second-order valence-electron chi connectivity index (χ2n) is 7.50. The highest BCUT2D eigenvalue weighted by molar-refractivity contribution is 7.89. The van der Waals surface area contributed by atoms with Crippen LogP contribution in [0.2, 0.25) is 0 Å². The van der Waals surface area contributed by atoms with Crippen LogP contribution in [0.15, 0.2) is 40.0 Å². The van der Waals surface area contributed by atoms with E-state index in [-0.39, 0.29) is 16.0 Å². The molecule has 2 N–H and O–H groups in total. The zero-order valence-electron chi connectivity index (χ0n) is 17.1. The minimum atomic E-state index is -3.83. The normalized spacial score (nSPS) is 17.3. The Bertz CT molecular complexity index is 1330. The summed E-state index contributed by atoms with van der Waals surface area (Å²) in [7, 11) is -2.59. The number of carbonyl (C=O) groups is 1. The summed E-state index contributed by atoms with van der Waals surface area (Å²) >= 11 is 0. The number of hydrogen-bond acceptors (Lipinski definition) is 5. The van der Waals surface area contributed by atoms with Crippen LogP contribution < -0.4 is 10.3 Å². The molecule has 3 aromatic rings. The molecular formula is C20H22FN5O4S. The van der Waals surface area contributed by atoms with Crippen LogP contribution in [0.1, 0.15) is 47.1 Å². The molecule has 1 aliphatic rings. The molecule has 11 heteroatoms. The van der Waals surface area contributed by atoms with Crippen molar-refractivity contribution in [1.82, 2.24) is 24.2 Å². The maximum Gasteiger partial charge on any atom is 0.272 e. The van der Waals surface area contributed by atoms with Gasteiger partial charge in [0.05, 0.1) is 22.2 Å². The summed E-state index contributed by atoms with van der Waals surface area (Å²) in [6, 6.07) is 5.83. The lowest BCUT2D eigenvalue weighted by molar-refractivity contribution is 0.0600. The third-order valence-corrected chi connectivity index (χ3v) is 6.88. The van der Waals surface area contributed by atoms with Crippen molar-refractivity contribution in [2.75, 3.05) is 13.6 Å². The predicted octanol–water partition coefficient (Wildman–Crippen LogP) is 1.75. The highest BCUT2D eigenvalue weighted by atomic mass is 32.2. The van der Waals surface area contributed by atoms with Crippen molar-refractivity contribution >= 4 is 21.6 Å². The van der Waals surface area contributed by atoms with Crippen molar-refractivity contribution in [1.29, 1.82) is 0 Å². The fraction of sp³-hybridized carbons (Fsp3) is 0.350. The molecule has 1 aliphatic heterocycles. The number of aromatic amines is 1. The fourth-order valence-corrected chi connectivity index (χ4v) is 4.66. The number of rotatable bonds is 4. The molecule has 1 atom stereocenters. The van der Waals surface area contributed by atoms with E-state index >= 15 is 0 Å². The Morgan fingerprint density at radius 1 is 1.26 bits per heavy atom. The molecule has 1 saturated heterocycles. The zero-order valence-corrected chi connectivity index (χ0v) is 17.9. The molecule has 0 saturated carbocycles. The molecule has 4 rings (SSSR count). The van der Waals surface area contributed by atoms with Gasteiger partial charge >= 0.3 is 0 Å². The minimum absolute atomic E-state index is 0.190. The topological polar surface area (TPSA) is 117 Å². The number of nitrogens with one attached hydrogen (secondary N) is 2. The number of aryl methyl sites for hydroxylation is 1. The van der Waals surface area contributed by atoms with E-state index in [9.17, 15) is 22.4 Å². The first-order chi connectivity index (χ1) is 14.7. The van der Waals surface area contributed by atoms with Crippen LogP contribution >= 0.6 is 0 Å². The van der Waals surface area contributed by atoms with E-state index in [0.717, 1.165) is 31.0 Å². The van der Waals surface area contributed by atoms with Gasteiger partial charge in [-0.25, -0.2) is 27.0 Å². The number of sulfonamides is 1. The Morgan fingerprint density at radius 3 is 2.77 bits per heavy atom. The van der Waals surface area contributed by atoms with Gasteiger partial charge in [-0.1, -0.05) is 0 Å². The number of H-pyrrole nitrogens is 1.